The number of hydrogen-bond acceptors (Lipinski definition) is 3. The van der Waals surface area contributed by atoms with Crippen LogP contribution in [0, 0.1) is 6.92 Å². The molecule has 2 heterocycles. The highest BCUT2D eigenvalue weighted by molar-refractivity contribution is 5.82. The lowest BCUT2D eigenvalue weighted by Crippen LogP contribution is -2.16. The smallest absolute Gasteiger partial charge is 0.134 e. The fraction of sp³-hybridized carbons (Fsp3) is 0.250. The van der Waals surface area contributed by atoms with Crippen molar-refractivity contribution in [1.29, 1.82) is 0 Å². The number of rotatable bonds is 5. The number of aryl methyl sites for hydroxylation is 1. The first-order valence-corrected chi connectivity index (χ1v) is 6.54. The van der Waals surface area contributed by atoms with Crippen LogP contribution in [0.1, 0.15) is 17.1 Å². The molecule has 0 aliphatic rings. The molecule has 0 atom stereocenters. The molecule has 0 spiro atoms. The molecule has 0 bridgehead atoms. The van der Waals surface area contributed by atoms with Gasteiger partial charge in [-0.05, 0) is 25.1 Å². The third-order valence-corrected chi connectivity index (χ3v) is 3.33. The minimum atomic E-state index is 0.823. The average Bonchev–Trinajstić information content (AvgIpc) is 3.02. The minimum absolute atomic E-state index is 0.823. The predicted molar refractivity (Wildman–Crippen MR) is 75.1 cm³/mol. The first-order valence-electron chi connectivity index (χ1n) is 6.54. The van der Waals surface area contributed by atoms with Gasteiger partial charge in [0.2, 0.25) is 0 Å². The van der Waals surface area contributed by atoms with Crippen LogP contribution in [0.15, 0.2) is 51.5 Å². The average molecular weight is 255 g/mol. The molecule has 0 aliphatic heterocycles. The molecule has 1 aromatic carbocycles. The van der Waals surface area contributed by atoms with Crippen molar-refractivity contribution in [3.05, 3.63) is 59.7 Å². The first-order chi connectivity index (χ1) is 9.34. The van der Waals surface area contributed by atoms with Crippen molar-refractivity contribution in [3.63, 3.8) is 0 Å². The van der Waals surface area contributed by atoms with Crippen LogP contribution in [-0.2, 0) is 13.0 Å². The highest BCUT2D eigenvalue weighted by Gasteiger charge is 2.09. The minimum Gasteiger partial charge on any atom is -0.469 e. The van der Waals surface area contributed by atoms with E-state index in [2.05, 4.69) is 11.4 Å². The Labute approximate surface area is 112 Å². The summed E-state index contributed by atoms with van der Waals surface area (Å²) in [6, 6.07) is 12.1. The van der Waals surface area contributed by atoms with Gasteiger partial charge >= 0.3 is 0 Å². The summed E-state index contributed by atoms with van der Waals surface area (Å²) in [6.45, 7) is 3.74. The van der Waals surface area contributed by atoms with Crippen LogP contribution in [0.3, 0.4) is 0 Å². The fourth-order valence-corrected chi connectivity index (χ4v) is 2.32. The lowest BCUT2D eigenvalue weighted by molar-refractivity contribution is 0.498. The molecule has 0 amide bonds. The summed E-state index contributed by atoms with van der Waals surface area (Å²) < 4.78 is 11.0. The second-order valence-corrected chi connectivity index (χ2v) is 4.64. The van der Waals surface area contributed by atoms with Gasteiger partial charge in [0.25, 0.3) is 0 Å². The lowest BCUT2D eigenvalue weighted by atomic mass is 10.1. The van der Waals surface area contributed by atoms with E-state index in [9.17, 15) is 0 Å². The normalized spacial score (nSPS) is 11.2. The van der Waals surface area contributed by atoms with Gasteiger partial charge in [0.05, 0.1) is 6.26 Å². The third-order valence-electron chi connectivity index (χ3n) is 3.33. The van der Waals surface area contributed by atoms with Crippen molar-refractivity contribution in [1.82, 2.24) is 5.32 Å². The molecule has 0 aliphatic carbocycles. The Morgan fingerprint density at radius 3 is 2.84 bits per heavy atom. The molecule has 0 fully saturated rings. The zero-order chi connectivity index (χ0) is 13.1. The fourth-order valence-electron chi connectivity index (χ4n) is 2.32. The third kappa shape index (κ3) is 2.56. The lowest BCUT2D eigenvalue weighted by Gasteiger charge is -2.03. The van der Waals surface area contributed by atoms with Gasteiger partial charge in [-0.25, -0.2) is 0 Å². The summed E-state index contributed by atoms with van der Waals surface area (Å²) in [5.41, 5.74) is 2.21. The Kier molecular flexibility index (Phi) is 3.38. The van der Waals surface area contributed by atoms with Crippen LogP contribution in [0.4, 0.5) is 0 Å². The van der Waals surface area contributed by atoms with Gasteiger partial charge in [0, 0.05) is 30.5 Å². The zero-order valence-electron chi connectivity index (χ0n) is 11.0. The SMILES string of the molecule is Cc1oc2ccccc2c1CNCCc1ccco1. The maximum atomic E-state index is 5.74. The van der Waals surface area contributed by atoms with Gasteiger partial charge in [-0.15, -0.1) is 0 Å². The van der Waals surface area contributed by atoms with Crippen molar-refractivity contribution >= 4 is 11.0 Å². The van der Waals surface area contributed by atoms with Crippen LogP contribution in [-0.4, -0.2) is 6.54 Å². The summed E-state index contributed by atoms with van der Waals surface area (Å²) >= 11 is 0. The molecule has 0 saturated carbocycles. The number of hydrogen-bond donors (Lipinski definition) is 1. The quantitative estimate of drug-likeness (QED) is 0.707. The van der Waals surface area contributed by atoms with E-state index in [0.717, 1.165) is 36.6 Å². The van der Waals surface area contributed by atoms with Crippen molar-refractivity contribution in [3.8, 4) is 0 Å². The Morgan fingerprint density at radius 1 is 1.11 bits per heavy atom. The Balaban J connectivity index is 1.63. The topological polar surface area (TPSA) is 38.3 Å². The van der Waals surface area contributed by atoms with Gasteiger partial charge in [0.1, 0.15) is 17.1 Å². The van der Waals surface area contributed by atoms with Crippen LogP contribution in [0.2, 0.25) is 0 Å². The van der Waals surface area contributed by atoms with Crippen molar-refractivity contribution < 1.29 is 8.83 Å². The van der Waals surface area contributed by atoms with Gasteiger partial charge in [-0.3, -0.25) is 0 Å². The molecule has 0 radical (unpaired) electrons. The van der Waals surface area contributed by atoms with E-state index < -0.39 is 0 Å². The second kappa shape index (κ2) is 5.33. The van der Waals surface area contributed by atoms with Crippen molar-refractivity contribution in [2.75, 3.05) is 6.54 Å². The standard InChI is InChI=1S/C16H17NO2/c1-12-15(14-6-2-3-7-16(14)19-12)11-17-9-8-13-5-4-10-18-13/h2-7,10,17H,8-9,11H2,1H3. The number of para-hydroxylation sites is 1. The molecule has 3 aromatic rings. The van der Waals surface area contributed by atoms with E-state index in [-0.39, 0.29) is 0 Å². The Bertz CT molecular complexity index is 653. The molecule has 19 heavy (non-hydrogen) atoms. The van der Waals surface area contributed by atoms with Crippen LogP contribution in [0.25, 0.3) is 11.0 Å². The van der Waals surface area contributed by atoms with Gasteiger partial charge in [-0.2, -0.15) is 0 Å². The Morgan fingerprint density at radius 2 is 2.00 bits per heavy atom. The van der Waals surface area contributed by atoms with E-state index in [1.54, 1.807) is 6.26 Å². The monoisotopic (exact) mass is 255 g/mol. The molecule has 0 unspecified atom stereocenters. The molecule has 98 valence electrons. The second-order valence-electron chi connectivity index (χ2n) is 4.64. The Hall–Kier alpha value is -2.00. The molecular weight excluding hydrogens is 238 g/mol. The maximum Gasteiger partial charge on any atom is 0.134 e. The van der Waals surface area contributed by atoms with Crippen LogP contribution < -0.4 is 5.32 Å². The van der Waals surface area contributed by atoms with Crippen molar-refractivity contribution in [2.45, 2.75) is 19.9 Å². The highest BCUT2D eigenvalue weighted by atomic mass is 16.3. The molecule has 3 nitrogen and oxygen atoms in total. The number of nitrogens with one attached hydrogen (secondary N) is 1. The van der Waals surface area contributed by atoms with E-state index in [1.165, 1.54) is 10.9 Å². The number of fused-ring (bicyclic) bond motifs is 1. The van der Waals surface area contributed by atoms with Crippen LogP contribution in [0.5, 0.6) is 0 Å². The highest BCUT2D eigenvalue weighted by Crippen LogP contribution is 2.24. The largest absolute Gasteiger partial charge is 0.469 e. The molecular formula is C16H17NO2. The van der Waals surface area contributed by atoms with Gasteiger partial charge in [0.15, 0.2) is 0 Å². The van der Waals surface area contributed by atoms with Gasteiger partial charge in [-0.1, -0.05) is 18.2 Å². The van der Waals surface area contributed by atoms with E-state index in [1.807, 2.05) is 37.3 Å². The summed E-state index contributed by atoms with van der Waals surface area (Å²) in [5, 5.41) is 4.64. The zero-order valence-corrected chi connectivity index (χ0v) is 11.0. The summed E-state index contributed by atoms with van der Waals surface area (Å²) in [7, 11) is 0. The van der Waals surface area contributed by atoms with Crippen LogP contribution >= 0.6 is 0 Å². The number of benzene rings is 1. The van der Waals surface area contributed by atoms with E-state index in [0.29, 0.717) is 0 Å². The first kappa shape index (κ1) is 12.1. The summed E-state index contributed by atoms with van der Waals surface area (Å²) in [4.78, 5) is 0. The molecule has 0 saturated heterocycles. The molecule has 2 aromatic heterocycles. The summed E-state index contributed by atoms with van der Waals surface area (Å²) in [5.74, 6) is 2.01. The molecule has 3 rings (SSSR count). The number of furan rings is 2. The molecule has 1 N–H and O–H groups in total. The predicted octanol–water partition coefficient (Wildman–Crippen LogP) is 3.67. The summed E-state index contributed by atoms with van der Waals surface area (Å²) in [6.07, 6.45) is 2.62. The van der Waals surface area contributed by atoms with Gasteiger partial charge < -0.3 is 14.2 Å². The van der Waals surface area contributed by atoms with E-state index in [4.69, 9.17) is 8.83 Å². The van der Waals surface area contributed by atoms with Crippen molar-refractivity contribution in [2.24, 2.45) is 0 Å². The molecule has 3 heteroatoms. The van der Waals surface area contributed by atoms with E-state index >= 15 is 0 Å². The maximum absolute atomic E-state index is 5.74.